The molecule has 0 amide bonds. The van der Waals surface area contributed by atoms with Crippen molar-refractivity contribution in [3.63, 3.8) is 0 Å². The van der Waals surface area contributed by atoms with E-state index >= 15 is 0 Å². The number of alkyl halides is 1. The lowest BCUT2D eigenvalue weighted by Crippen LogP contribution is -2.23. The van der Waals surface area contributed by atoms with Crippen LogP contribution in [0.1, 0.15) is 17.5 Å². The third kappa shape index (κ3) is 3.28. The average molecular weight is 314 g/mol. The fraction of sp³-hybridized carbons (Fsp3) is 0.278. The van der Waals surface area contributed by atoms with Crippen molar-refractivity contribution in [2.24, 2.45) is 0 Å². The molecule has 2 heterocycles. The van der Waals surface area contributed by atoms with Gasteiger partial charge < -0.3 is 14.7 Å². The number of phenolic OH excluding ortho intramolecular Hbond substituents is 1. The number of phenols is 1. The summed E-state index contributed by atoms with van der Waals surface area (Å²) in [6.45, 7) is 5.02. The number of rotatable bonds is 5. The van der Waals surface area contributed by atoms with E-state index in [0.717, 1.165) is 11.4 Å². The number of hydrogen-bond acceptors (Lipinski definition) is 4. The maximum absolute atomic E-state index is 13.4. The molecule has 0 unspecified atom stereocenters. The lowest BCUT2D eigenvalue weighted by Gasteiger charge is -2.20. The number of ether oxygens (including phenoxy) is 1. The predicted octanol–water partition coefficient (Wildman–Crippen LogP) is 3.56. The molecular weight excluding hydrogens is 295 g/mol. The van der Waals surface area contributed by atoms with E-state index in [1.165, 1.54) is 0 Å². The Kier molecular flexibility index (Phi) is 4.46. The number of aromatic nitrogens is 1. The van der Waals surface area contributed by atoms with Crippen molar-refractivity contribution < 1.29 is 14.2 Å². The normalized spacial score (nSPS) is 17.3. The van der Waals surface area contributed by atoms with Crippen molar-refractivity contribution in [3.8, 4) is 11.5 Å². The first-order chi connectivity index (χ1) is 11.2. The summed E-state index contributed by atoms with van der Waals surface area (Å²) in [6.07, 6.45) is 2.99. The maximum Gasteiger partial charge on any atom is 0.135 e. The minimum absolute atomic E-state index is 0.128. The Morgan fingerprint density at radius 2 is 2.26 bits per heavy atom. The second kappa shape index (κ2) is 6.69. The van der Waals surface area contributed by atoms with Crippen molar-refractivity contribution in [2.45, 2.75) is 19.2 Å². The van der Waals surface area contributed by atoms with Gasteiger partial charge in [0, 0.05) is 18.3 Å². The van der Waals surface area contributed by atoms with E-state index in [1.54, 1.807) is 30.5 Å². The van der Waals surface area contributed by atoms with Crippen LogP contribution in [0.5, 0.6) is 11.5 Å². The van der Waals surface area contributed by atoms with E-state index in [-0.39, 0.29) is 5.75 Å². The predicted molar refractivity (Wildman–Crippen MR) is 88.5 cm³/mol. The SMILES string of the molecule is C=Cc1c(O)cccc1OCc1cccnc1N1CC[C@H](F)C1. The zero-order valence-electron chi connectivity index (χ0n) is 12.8. The first-order valence-electron chi connectivity index (χ1n) is 7.59. The molecule has 1 saturated heterocycles. The standard InChI is InChI=1S/C18H19FN2O2/c1-2-15-16(22)6-3-7-17(15)23-12-13-5-4-9-20-18(13)21-10-8-14(19)11-21/h2-7,9,14,22H,1,8,10-12H2/t14-/m0/s1. The Hall–Kier alpha value is -2.56. The summed E-state index contributed by atoms with van der Waals surface area (Å²) in [4.78, 5) is 6.32. The molecule has 120 valence electrons. The molecule has 0 bridgehead atoms. The Morgan fingerprint density at radius 1 is 1.39 bits per heavy atom. The van der Waals surface area contributed by atoms with Crippen LogP contribution in [0.25, 0.3) is 6.08 Å². The monoisotopic (exact) mass is 314 g/mol. The highest BCUT2D eigenvalue weighted by molar-refractivity contribution is 5.62. The van der Waals surface area contributed by atoms with E-state index in [0.29, 0.717) is 37.4 Å². The van der Waals surface area contributed by atoms with Crippen LogP contribution < -0.4 is 9.64 Å². The van der Waals surface area contributed by atoms with Crippen molar-refractivity contribution in [3.05, 3.63) is 54.2 Å². The number of nitrogens with zero attached hydrogens (tertiary/aromatic N) is 2. The Bertz CT molecular complexity index is 705. The van der Waals surface area contributed by atoms with Crippen molar-refractivity contribution in [2.75, 3.05) is 18.0 Å². The van der Waals surface area contributed by atoms with E-state index in [4.69, 9.17) is 4.74 Å². The van der Waals surface area contributed by atoms with Crippen molar-refractivity contribution >= 4 is 11.9 Å². The van der Waals surface area contributed by atoms with Crippen LogP contribution in [0.4, 0.5) is 10.2 Å². The molecule has 1 N–H and O–H groups in total. The summed E-state index contributed by atoms with van der Waals surface area (Å²) in [7, 11) is 0. The molecule has 4 nitrogen and oxygen atoms in total. The molecule has 0 saturated carbocycles. The van der Waals surface area contributed by atoms with Gasteiger partial charge in [0.15, 0.2) is 0 Å². The van der Waals surface area contributed by atoms with Gasteiger partial charge in [-0.3, -0.25) is 0 Å². The molecule has 5 heteroatoms. The molecular formula is C18H19FN2O2. The van der Waals surface area contributed by atoms with Gasteiger partial charge in [0.05, 0.1) is 12.1 Å². The third-order valence-electron chi connectivity index (χ3n) is 3.93. The first-order valence-corrected chi connectivity index (χ1v) is 7.59. The third-order valence-corrected chi connectivity index (χ3v) is 3.93. The minimum Gasteiger partial charge on any atom is -0.507 e. The van der Waals surface area contributed by atoms with Gasteiger partial charge in [0.25, 0.3) is 0 Å². The summed E-state index contributed by atoms with van der Waals surface area (Å²) in [5, 5.41) is 9.83. The molecule has 1 aliphatic rings. The van der Waals surface area contributed by atoms with Crippen LogP contribution in [-0.2, 0) is 6.61 Å². The summed E-state index contributed by atoms with van der Waals surface area (Å²) in [5.74, 6) is 1.44. The highest BCUT2D eigenvalue weighted by Gasteiger charge is 2.24. The molecule has 1 aromatic carbocycles. The molecule has 3 rings (SSSR count). The van der Waals surface area contributed by atoms with Gasteiger partial charge in [-0.2, -0.15) is 0 Å². The quantitative estimate of drug-likeness (QED) is 0.916. The second-order valence-corrected chi connectivity index (χ2v) is 5.50. The number of pyridine rings is 1. The molecule has 1 atom stereocenters. The molecule has 1 aromatic heterocycles. The highest BCUT2D eigenvalue weighted by Crippen LogP contribution is 2.30. The van der Waals surface area contributed by atoms with Gasteiger partial charge >= 0.3 is 0 Å². The van der Waals surface area contributed by atoms with Gasteiger partial charge in [0.2, 0.25) is 0 Å². The smallest absolute Gasteiger partial charge is 0.135 e. The average Bonchev–Trinajstić information content (AvgIpc) is 2.99. The van der Waals surface area contributed by atoms with Gasteiger partial charge in [-0.1, -0.05) is 24.8 Å². The van der Waals surface area contributed by atoms with Crippen LogP contribution in [0.2, 0.25) is 0 Å². The molecule has 23 heavy (non-hydrogen) atoms. The van der Waals surface area contributed by atoms with Crippen LogP contribution >= 0.6 is 0 Å². The zero-order chi connectivity index (χ0) is 16.2. The number of aromatic hydroxyl groups is 1. The Balaban J connectivity index is 1.79. The number of hydrogen-bond donors (Lipinski definition) is 1. The van der Waals surface area contributed by atoms with E-state index in [2.05, 4.69) is 11.6 Å². The van der Waals surface area contributed by atoms with Crippen LogP contribution in [0.15, 0.2) is 43.1 Å². The lowest BCUT2D eigenvalue weighted by molar-refractivity contribution is 0.303. The molecule has 0 aliphatic carbocycles. The van der Waals surface area contributed by atoms with Crippen LogP contribution in [0.3, 0.4) is 0 Å². The molecule has 0 spiro atoms. The van der Waals surface area contributed by atoms with Gasteiger partial charge in [-0.05, 0) is 24.6 Å². The van der Waals surface area contributed by atoms with Crippen molar-refractivity contribution in [1.29, 1.82) is 0 Å². The van der Waals surface area contributed by atoms with Crippen LogP contribution in [0, 0.1) is 0 Å². The summed E-state index contributed by atoms with van der Waals surface area (Å²) < 4.78 is 19.3. The zero-order valence-corrected chi connectivity index (χ0v) is 12.8. The number of halogens is 1. The van der Waals surface area contributed by atoms with E-state index in [9.17, 15) is 9.50 Å². The summed E-state index contributed by atoms with van der Waals surface area (Å²) in [5.41, 5.74) is 1.45. The minimum atomic E-state index is -0.802. The lowest BCUT2D eigenvalue weighted by atomic mass is 10.1. The molecule has 2 aromatic rings. The van der Waals surface area contributed by atoms with Crippen LogP contribution in [-0.4, -0.2) is 29.4 Å². The molecule has 1 aliphatic heterocycles. The topological polar surface area (TPSA) is 45.6 Å². The molecule has 1 fully saturated rings. The first kappa shape index (κ1) is 15.3. The van der Waals surface area contributed by atoms with Gasteiger partial charge in [-0.25, -0.2) is 9.37 Å². The number of benzene rings is 1. The maximum atomic E-state index is 13.4. The fourth-order valence-corrected chi connectivity index (χ4v) is 2.76. The van der Waals surface area contributed by atoms with E-state index in [1.807, 2.05) is 17.0 Å². The molecule has 0 radical (unpaired) electrons. The summed E-state index contributed by atoms with van der Waals surface area (Å²) >= 11 is 0. The van der Waals surface area contributed by atoms with Gasteiger partial charge in [-0.15, -0.1) is 0 Å². The Morgan fingerprint density at radius 3 is 3.00 bits per heavy atom. The second-order valence-electron chi connectivity index (χ2n) is 5.50. The van der Waals surface area contributed by atoms with E-state index < -0.39 is 6.17 Å². The fourth-order valence-electron chi connectivity index (χ4n) is 2.76. The summed E-state index contributed by atoms with van der Waals surface area (Å²) in [6, 6.07) is 8.84. The largest absolute Gasteiger partial charge is 0.507 e. The highest BCUT2D eigenvalue weighted by atomic mass is 19.1. The number of anilines is 1. The Labute approximate surface area is 134 Å². The van der Waals surface area contributed by atoms with Crippen molar-refractivity contribution in [1.82, 2.24) is 4.98 Å². The van der Waals surface area contributed by atoms with Gasteiger partial charge in [0.1, 0.15) is 30.1 Å².